The average Bonchev–Trinajstić information content (AvgIpc) is 2.92. The van der Waals surface area contributed by atoms with Gasteiger partial charge in [0.25, 0.3) is 5.56 Å². The summed E-state index contributed by atoms with van der Waals surface area (Å²) in [6.07, 6.45) is 2.83. The monoisotopic (exact) mass is 389 g/mol. The summed E-state index contributed by atoms with van der Waals surface area (Å²) in [5, 5.41) is 7.29. The number of halogens is 1. The van der Waals surface area contributed by atoms with E-state index in [0.29, 0.717) is 11.0 Å². The van der Waals surface area contributed by atoms with Crippen LogP contribution < -0.4 is 10.9 Å². The van der Waals surface area contributed by atoms with Crippen molar-refractivity contribution in [1.82, 2.24) is 24.6 Å². The van der Waals surface area contributed by atoms with Crippen molar-refractivity contribution in [2.75, 3.05) is 0 Å². The molecule has 0 radical (unpaired) electrons. The van der Waals surface area contributed by atoms with Crippen molar-refractivity contribution in [3.8, 4) is 0 Å². The first kappa shape index (κ1) is 16.4. The molecule has 8 heteroatoms. The Morgan fingerprint density at radius 3 is 2.88 bits per heavy atom. The lowest BCUT2D eigenvalue weighted by atomic mass is 10.1. The molecule has 7 nitrogen and oxygen atoms in total. The standard InChI is InChI=1S/C16H16BrN5O2/c1-10(11-5-3-4-6-13(11)17)20-14(23)8-22-9-18-15-12(16(22)24)7-19-21(15)2/h3-7,9-10H,8H2,1-2H3,(H,20,23). The Kier molecular flexibility index (Phi) is 4.48. The number of aromatic nitrogens is 4. The predicted molar refractivity (Wildman–Crippen MR) is 93.5 cm³/mol. The molecule has 0 saturated heterocycles. The lowest BCUT2D eigenvalue weighted by molar-refractivity contribution is -0.122. The van der Waals surface area contributed by atoms with E-state index in [4.69, 9.17) is 0 Å². The van der Waals surface area contributed by atoms with E-state index in [2.05, 4.69) is 31.3 Å². The highest BCUT2D eigenvalue weighted by atomic mass is 79.9. The maximum atomic E-state index is 12.4. The lowest BCUT2D eigenvalue weighted by Gasteiger charge is -2.16. The molecule has 2 heterocycles. The molecule has 0 aliphatic carbocycles. The second-order valence-electron chi connectivity index (χ2n) is 5.49. The molecule has 0 spiro atoms. The summed E-state index contributed by atoms with van der Waals surface area (Å²) >= 11 is 3.47. The number of rotatable bonds is 4. The van der Waals surface area contributed by atoms with E-state index in [9.17, 15) is 9.59 Å². The number of benzene rings is 1. The molecule has 2 aromatic heterocycles. The molecule has 24 heavy (non-hydrogen) atoms. The minimum absolute atomic E-state index is 0.0918. The van der Waals surface area contributed by atoms with Crippen LogP contribution in [0.25, 0.3) is 11.0 Å². The first-order valence-corrected chi connectivity index (χ1v) is 8.17. The van der Waals surface area contributed by atoms with Gasteiger partial charge >= 0.3 is 0 Å². The van der Waals surface area contributed by atoms with E-state index in [0.717, 1.165) is 10.0 Å². The molecule has 3 aromatic rings. The molecule has 1 atom stereocenters. The summed E-state index contributed by atoms with van der Waals surface area (Å²) in [6, 6.07) is 7.50. The fourth-order valence-corrected chi connectivity index (χ4v) is 3.15. The minimum atomic E-state index is -0.281. The van der Waals surface area contributed by atoms with Crippen LogP contribution in [0.3, 0.4) is 0 Å². The molecule has 0 bridgehead atoms. The lowest BCUT2D eigenvalue weighted by Crippen LogP contribution is -2.34. The zero-order chi connectivity index (χ0) is 17.3. The summed E-state index contributed by atoms with van der Waals surface area (Å²) in [6.45, 7) is 1.80. The average molecular weight is 390 g/mol. The van der Waals surface area contributed by atoms with Crippen molar-refractivity contribution >= 4 is 32.9 Å². The molecular formula is C16H16BrN5O2. The number of amides is 1. The third-order valence-corrected chi connectivity index (χ3v) is 4.50. The van der Waals surface area contributed by atoms with Gasteiger partial charge in [0.2, 0.25) is 5.91 Å². The Hall–Kier alpha value is -2.48. The second kappa shape index (κ2) is 6.56. The number of fused-ring (bicyclic) bond motifs is 1. The number of nitrogens with zero attached hydrogens (tertiary/aromatic N) is 4. The summed E-state index contributed by atoms with van der Waals surface area (Å²) in [4.78, 5) is 28.8. The van der Waals surface area contributed by atoms with Crippen LogP contribution in [0.5, 0.6) is 0 Å². The number of hydrogen-bond acceptors (Lipinski definition) is 4. The van der Waals surface area contributed by atoms with Crippen LogP contribution in [0.1, 0.15) is 18.5 Å². The van der Waals surface area contributed by atoms with E-state index in [-0.39, 0.29) is 24.1 Å². The molecule has 0 aliphatic heterocycles. The maximum Gasteiger partial charge on any atom is 0.264 e. The molecular weight excluding hydrogens is 374 g/mol. The van der Waals surface area contributed by atoms with Crippen LogP contribution in [0.15, 0.2) is 46.1 Å². The fraction of sp³-hybridized carbons (Fsp3) is 0.250. The Morgan fingerprint density at radius 1 is 1.38 bits per heavy atom. The van der Waals surface area contributed by atoms with Crippen LogP contribution in [-0.2, 0) is 18.4 Å². The third kappa shape index (κ3) is 3.09. The number of nitrogens with one attached hydrogen (secondary N) is 1. The largest absolute Gasteiger partial charge is 0.348 e. The van der Waals surface area contributed by atoms with Gasteiger partial charge in [-0.3, -0.25) is 18.8 Å². The zero-order valence-corrected chi connectivity index (χ0v) is 14.8. The molecule has 3 rings (SSSR count). The normalized spacial score (nSPS) is 12.3. The molecule has 0 aliphatic rings. The minimum Gasteiger partial charge on any atom is -0.348 e. The molecule has 1 aromatic carbocycles. The second-order valence-corrected chi connectivity index (χ2v) is 6.35. The van der Waals surface area contributed by atoms with Crippen molar-refractivity contribution in [2.24, 2.45) is 7.05 Å². The quantitative estimate of drug-likeness (QED) is 0.736. The fourth-order valence-electron chi connectivity index (χ4n) is 2.53. The molecule has 124 valence electrons. The van der Waals surface area contributed by atoms with Gasteiger partial charge in [0.05, 0.1) is 12.2 Å². The van der Waals surface area contributed by atoms with Crippen LogP contribution in [0.4, 0.5) is 0 Å². The van der Waals surface area contributed by atoms with Crippen molar-refractivity contribution in [3.63, 3.8) is 0 Å². The highest BCUT2D eigenvalue weighted by Gasteiger charge is 2.14. The Balaban J connectivity index is 1.77. The molecule has 1 amide bonds. The smallest absolute Gasteiger partial charge is 0.264 e. The van der Waals surface area contributed by atoms with E-state index in [1.54, 1.807) is 7.05 Å². The van der Waals surface area contributed by atoms with Gasteiger partial charge < -0.3 is 5.32 Å². The van der Waals surface area contributed by atoms with Gasteiger partial charge in [-0.2, -0.15) is 5.10 Å². The third-order valence-electron chi connectivity index (χ3n) is 3.78. The number of carbonyl (C=O) groups is 1. The molecule has 0 saturated carbocycles. The van der Waals surface area contributed by atoms with Crippen LogP contribution in [0, 0.1) is 0 Å². The van der Waals surface area contributed by atoms with Crippen LogP contribution in [-0.4, -0.2) is 25.2 Å². The summed E-state index contributed by atoms with van der Waals surface area (Å²) in [5.74, 6) is -0.259. The van der Waals surface area contributed by atoms with Crippen LogP contribution in [0.2, 0.25) is 0 Å². The summed E-state index contributed by atoms with van der Waals surface area (Å²) in [7, 11) is 1.71. The van der Waals surface area contributed by atoms with Crippen LogP contribution >= 0.6 is 15.9 Å². The van der Waals surface area contributed by atoms with Gasteiger partial charge in [-0.25, -0.2) is 4.98 Å². The van der Waals surface area contributed by atoms with Gasteiger partial charge in [-0.15, -0.1) is 0 Å². The summed E-state index contributed by atoms with van der Waals surface area (Å²) < 4.78 is 3.73. The van der Waals surface area contributed by atoms with Crippen molar-refractivity contribution in [1.29, 1.82) is 0 Å². The number of hydrogen-bond donors (Lipinski definition) is 1. The van der Waals surface area contributed by atoms with Gasteiger partial charge in [-0.05, 0) is 18.6 Å². The predicted octanol–water partition coefficient (Wildman–Crippen LogP) is 1.77. The highest BCUT2D eigenvalue weighted by molar-refractivity contribution is 9.10. The molecule has 1 N–H and O–H groups in total. The van der Waals surface area contributed by atoms with Gasteiger partial charge in [0.15, 0.2) is 5.65 Å². The van der Waals surface area contributed by atoms with E-state index in [1.165, 1.54) is 21.8 Å². The first-order valence-electron chi connectivity index (χ1n) is 7.38. The molecule has 1 unspecified atom stereocenters. The highest BCUT2D eigenvalue weighted by Crippen LogP contribution is 2.22. The first-order chi connectivity index (χ1) is 11.5. The maximum absolute atomic E-state index is 12.4. The Morgan fingerprint density at radius 2 is 2.12 bits per heavy atom. The SMILES string of the molecule is CC(NC(=O)Cn1cnc2c(cnn2C)c1=O)c1ccccc1Br. The van der Waals surface area contributed by atoms with E-state index < -0.39 is 0 Å². The number of aryl methyl sites for hydroxylation is 1. The van der Waals surface area contributed by atoms with Crippen molar-refractivity contribution < 1.29 is 4.79 Å². The van der Waals surface area contributed by atoms with Crippen molar-refractivity contribution in [2.45, 2.75) is 19.5 Å². The Labute approximate surface area is 146 Å². The zero-order valence-electron chi connectivity index (χ0n) is 13.2. The topological polar surface area (TPSA) is 81.8 Å². The van der Waals surface area contributed by atoms with Crippen molar-refractivity contribution in [3.05, 3.63) is 57.2 Å². The van der Waals surface area contributed by atoms with Gasteiger partial charge in [-0.1, -0.05) is 34.1 Å². The summed E-state index contributed by atoms with van der Waals surface area (Å²) in [5.41, 5.74) is 1.19. The van der Waals surface area contributed by atoms with Gasteiger partial charge in [0, 0.05) is 11.5 Å². The Bertz CT molecular complexity index is 963. The van der Waals surface area contributed by atoms with E-state index in [1.807, 2.05) is 31.2 Å². The van der Waals surface area contributed by atoms with Gasteiger partial charge in [0.1, 0.15) is 18.3 Å². The van der Waals surface area contributed by atoms with E-state index >= 15 is 0 Å². The molecule has 0 fully saturated rings. The number of carbonyl (C=O) groups excluding carboxylic acids is 1.